The van der Waals surface area contributed by atoms with Gasteiger partial charge in [-0.3, -0.25) is 4.68 Å². The molecule has 2 aromatic heterocycles. The smallest absolute Gasteiger partial charge is 0.180 e. The summed E-state index contributed by atoms with van der Waals surface area (Å²) < 4.78 is 1.92. The van der Waals surface area contributed by atoms with Crippen molar-refractivity contribution in [2.75, 3.05) is 5.73 Å². The Kier molecular flexibility index (Phi) is 3.92. The Morgan fingerprint density at radius 1 is 1.22 bits per heavy atom. The highest BCUT2D eigenvalue weighted by atomic mass is 15.3. The Morgan fingerprint density at radius 3 is 2.78 bits per heavy atom. The third-order valence-electron chi connectivity index (χ3n) is 2.69. The molecule has 2 N–H and O–H groups in total. The van der Waals surface area contributed by atoms with Crippen molar-refractivity contribution in [1.29, 1.82) is 0 Å². The molecule has 0 radical (unpaired) electrons. The average Bonchev–Trinajstić information content (AvgIpc) is 2.77. The topological polar surface area (TPSA) is 69.6 Å². The molecule has 2 aromatic rings. The van der Waals surface area contributed by atoms with Crippen molar-refractivity contribution in [3.05, 3.63) is 24.0 Å². The Balaban J connectivity index is 2.39. The molecular formula is C13H19N5. The van der Waals surface area contributed by atoms with Crippen LogP contribution in [0.1, 0.15) is 32.4 Å². The van der Waals surface area contributed by atoms with Gasteiger partial charge in [0.05, 0.1) is 0 Å². The first-order valence-corrected chi connectivity index (χ1v) is 6.40. The zero-order valence-electron chi connectivity index (χ0n) is 10.9. The van der Waals surface area contributed by atoms with Gasteiger partial charge in [0.15, 0.2) is 5.82 Å². The summed E-state index contributed by atoms with van der Waals surface area (Å²) in [6, 6.07) is 3.77. The average molecular weight is 245 g/mol. The van der Waals surface area contributed by atoms with Crippen molar-refractivity contribution in [2.24, 2.45) is 0 Å². The molecule has 0 spiro atoms. The maximum atomic E-state index is 5.84. The van der Waals surface area contributed by atoms with Crippen LogP contribution in [0.3, 0.4) is 0 Å². The summed E-state index contributed by atoms with van der Waals surface area (Å²) in [5, 5.41) is 4.28. The molecule has 0 bridgehead atoms. The molecule has 0 amide bonds. The second-order valence-corrected chi connectivity index (χ2v) is 4.30. The Morgan fingerprint density at radius 2 is 2.06 bits per heavy atom. The van der Waals surface area contributed by atoms with Crippen molar-refractivity contribution in [1.82, 2.24) is 19.7 Å². The van der Waals surface area contributed by atoms with Crippen LogP contribution >= 0.6 is 0 Å². The number of aromatic nitrogens is 4. The number of nitrogen functional groups attached to an aromatic ring is 1. The first-order chi connectivity index (χ1) is 8.74. The number of aryl methyl sites for hydroxylation is 2. The molecule has 96 valence electrons. The number of anilines is 1. The van der Waals surface area contributed by atoms with Crippen LogP contribution in [-0.2, 0) is 13.0 Å². The number of nitrogens with two attached hydrogens (primary N) is 1. The molecule has 0 atom stereocenters. The van der Waals surface area contributed by atoms with Crippen molar-refractivity contribution in [3.8, 4) is 11.5 Å². The second-order valence-electron chi connectivity index (χ2n) is 4.30. The van der Waals surface area contributed by atoms with E-state index in [1.165, 1.54) is 0 Å². The summed E-state index contributed by atoms with van der Waals surface area (Å²) in [7, 11) is 0. The molecule has 18 heavy (non-hydrogen) atoms. The summed E-state index contributed by atoms with van der Waals surface area (Å²) in [5.74, 6) is 1.19. The Bertz CT molecular complexity index is 518. The first kappa shape index (κ1) is 12.5. The molecule has 5 heteroatoms. The lowest BCUT2D eigenvalue weighted by Crippen LogP contribution is -2.06. The summed E-state index contributed by atoms with van der Waals surface area (Å²) in [4.78, 5) is 8.86. The largest absolute Gasteiger partial charge is 0.384 e. The fourth-order valence-corrected chi connectivity index (χ4v) is 1.93. The van der Waals surface area contributed by atoms with Crippen molar-refractivity contribution in [2.45, 2.75) is 39.7 Å². The molecule has 2 rings (SSSR count). The van der Waals surface area contributed by atoms with Crippen molar-refractivity contribution >= 4 is 5.82 Å². The second kappa shape index (κ2) is 5.62. The highest BCUT2D eigenvalue weighted by Crippen LogP contribution is 2.17. The number of hydrogen-bond acceptors (Lipinski definition) is 4. The van der Waals surface area contributed by atoms with Crippen molar-refractivity contribution < 1.29 is 0 Å². The molecule has 0 saturated heterocycles. The van der Waals surface area contributed by atoms with E-state index < -0.39 is 0 Å². The van der Waals surface area contributed by atoms with Gasteiger partial charge in [-0.2, -0.15) is 5.10 Å². The predicted molar refractivity (Wildman–Crippen MR) is 72.0 cm³/mol. The predicted octanol–water partition coefficient (Wildman–Crippen LogP) is 2.28. The maximum Gasteiger partial charge on any atom is 0.180 e. The fourth-order valence-electron chi connectivity index (χ4n) is 1.93. The minimum Gasteiger partial charge on any atom is -0.384 e. The Hall–Kier alpha value is -1.91. The van der Waals surface area contributed by atoms with Gasteiger partial charge in [0.1, 0.15) is 11.5 Å². The molecular weight excluding hydrogens is 226 g/mol. The van der Waals surface area contributed by atoms with Crippen LogP contribution < -0.4 is 5.73 Å². The molecule has 0 unspecified atom stereocenters. The van der Waals surface area contributed by atoms with Crippen molar-refractivity contribution in [3.63, 3.8) is 0 Å². The van der Waals surface area contributed by atoms with Gasteiger partial charge in [0, 0.05) is 24.5 Å². The summed E-state index contributed by atoms with van der Waals surface area (Å²) in [6.07, 6.45) is 4.77. The van der Waals surface area contributed by atoms with Gasteiger partial charge < -0.3 is 5.73 Å². The molecule has 0 aromatic carbocycles. The lowest BCUT2D eigenvalue weighted by atomic mass is 10.2. The highest BCUT2D eigenvalue weighted by molar-refractivity contribution is 5.52. The molecule has 0 aliphatic rings. The number of hydrogen-bond donors (Lipinski definition) is 1. The van der Waals surface area contributed by atoms with E-state index >= 15 is 0 Å². The molecule has 5 nitrogen and oxygen atoms in total. The van der Waals surface area contributed by atoms with E-state index in [-0.39, 0.29) is 0 Å². The number of nitrogens with zero attached hydrogens (tertiary/aromatic N) is 4. The number of rotatable bonds is 5. The van der Waals surface area contributed by atoms with Gasteiger partial charge in [-0.25, -0.2) is 9.97 Å². The first-order valence-electron chi connectivity index (χ1n) is 6.40. The zero-order chi connectivity index (χ0) is 13.0. The van der Waals surface area contributed by atoms with Gasteiger partial charge in [-0.1, -0.05) is 20.3 Å². The van der Waals surface area contributed by atoms with E-state index in [0.29, 0.717) is 11.6 Å². The van der Waals surface area contributed by atoms with E-state index in [1.54, 1.807) is 6.20 Å². The minimum atomic E-state index is 0.521. The van der Waals surface area contributed by atoms with E-state index in [9.17, 15) is 0 Å². The van der Waals surface area contributed by atoms with Crippen LogP contribution in [0, 0.1) is 0 Å². The highest BCUT2D eigenvalue weighted by Gasteiger charge is 2.10. The SMILES string of the molecule is CCCc1cc(N)nc(-c2ccnn2CCC)n1. The van der Waals surface area contributed by atoms with E-state index in [4.69, 9.17) is 5.73 Å². The van der Waals surface area contributed by atoms with Gasteiger partial charge in [0.25, 0.3) is 0 Å². The monoisotopic (exact) mass is 245 g/mol. The molecule has 2 heterocycles. The van der Waals surface area contributed by atoms with Crippen LogP contribution in [0.15, 0.2) is 18.3 Å². The third-order valence-corrected chi connectivity index (χ3v) is 2.69. The summed E-state index contributed by atoms with van der Waals surface area (Å²) in [5.41, 5.74) is 7.76. The Labute approximate surface area is 107 Å². The van der Waals surface area contributed by atoms with Gasteiger partial charge in [-0.05, 0) is 18.9 Å². The van der Waals surface area contributed by atoms with Crippen LogP contribution in [0.25, 0.3) is 11.5 Å². The molecule has 0 aliphatic heterocycles. The van der Waals surface area contributed by atoms with E-state index in [0.717, 1.165) is 37.2 Å². The van der Waals surface area contributed by atoms with Crippen LogP contribution in [0.5, 0.6) is 0 Å². The molecule has 0 saturated carbocycles. The van der Waals surface area contributed by atoms with Gasteiger partial charge in [0.2, 0.25) is 0 Å². The zero-order valence-corrected chi connectivity index (χ0v) is 10.9. The summed E-state index contributed by atoms with van der Waals surface area (Å²) in [6.45, 7) is 5.11. The fraction of sp³-hybridized carbons (Fsp3) is 0.462. The normalized spacial score (nSPS) is 10.8. The van der Waals surface area contributed by atoms with Gasteiger partial charge >= 0.3 is 0 Å². The molecule has 0 fully saturated rings. The lowest BCUT2D eigenvalue weighted by molar-refractivity contribution is 0.606. The maximum absolute atomic E-state index is 5.84. The quantitative estimate of drug-likeness (QED) is 0.877. The third kappa shape index (κ3) is 2.67. The minimum absolute atomic E-state index is 0.521. The summed E-state index contributed by atoms with van der Waals surface area (Å²) >= 11 is 0. The molecule has 0 aliphatic carbocycles. The standard InChI is InChI=1S/C13H19N5/c1-3-5-10-9-12(14)17-13(16-10)11-6-7-15-18(11)8-4-2/h6-7,9H,3-5,8H2,1-2H3,(H2,14,16,17). The van der Waals surface area contributed by atoms with E-state index in [1.807, 2.05) is 16.8 Å². The van der Waals surface area contributed by atoms with Crippen LogP contribution in [-0.4, -0.2) is 19.7 Å². The van der Waals surface area contributed by atoms with E-state index in [2.05, 4.69) is 28.9 Å². The van der Waals surface area contributed by atoms with Crippen LogP contribution in [0.2, 0.25) is 0 Å². The van der Waals surface area contributed by atoms with Crippen LogP contribution in [0.4, 0.5) is 5.82 Å². The van der Waals surface area contributed by atoms with Gasteiger partial charge in [-0.15, -0.1) is 0 Å². The lowest BCUT2D eigenvalue weighted by Gasteiger charge is -2.07.